The minimum absolute atomic E-state index is 0.230. The highest BCUT2D eigenvalue weighted by Crippen LogP contribution is 2.33. The largest absolute Gasteiger partial charge is 0.450 e. The van der Waals surface area contributed by atoms with E-state index in [2.05, 4.69) is 5.32 Å². The zero-order valence-corrected chi connectivity index (χ0v) is 12.6. The van der Waals surface area contributed by atoms with Crippen LogP contribution in [-0.4, -0.2) is 6.54 Å². The van der Waals surface area contributed by atoms with Gasteiger partial charge in [-0.1, -0.05) is 24.6 Å². The van der Waals surface area contributed by atoms with Gasteiger partial charge in [0.25, 0.3) is 0 Å². The van der Waals surface area contributed by atoms with Crippen LogP contribution in [0.3, 0.4) is 0 Å². The quantitative estimate of drug-likeness (QED) is 0.854. The summed E-state index contributed by atoms with van der Waals surface area (Å²) in [6.45, 7) is 4.88. The van der Waals surface area contributed by atoms with E-state index in [1.165, 1.54) is 12.1 Å². The molecule has 0 aliphatic rings. The Kier molecular flexibility index (Phi) is 5.15. The number of aryl methyl sites for hydroxylation is 1. The molecule has 0 aliphatic heterocycles. The number of hydrogen-bond acceptors (Lipinski definition) is 2. The van der Waals surface area contributed by atoms with Crippen LogP contribution in [0, 0.1) is 18.6 Å². The van der Waals surface area contributed by atoms with Gasteiger partial charge < -0.3 is 10.1 Å². The van der Waals surface area contributed by atoms with E-state index >= 15 is 0 Å². The van der Waals surface area contributed by atoms with Crippen molar-refractivity contribution >= 4 is 11.6 Å². The maximum absolute atomic E-state index is 14.0. The Morgan fingerprint density at radius 1 is 1.14 bits per heavy atom. The third-order valence-electron chi connectivity index (χ3n) is 2.94. The standard InChI is InChI=1S/C16H16ClF2NO/c1-3-20-9-11-7-13(18)16(14(19)8-11)21-15-6-10(2)4-5-12(15)17/h4-8,20H,3,9H2,1-2H3. The summed E-state index contributed by atoms with van der Waals surface area (Å²) in [4.78, 5) is 0. The third-order valence-corrected chi connectivity index (χ3v) is 3.25. The number of nitrogens with one attached hydrogen (secondary N) is 1. The van der Waals surface area contributed by atoms with Gasteiger partial charge in [0.1, 0.15) is 5.75 Å². The van der Waals surface area contributed by atoms with Gasteiger partial charge in [0.05, 0.1) is 5.02 Å². The lowest BCUT2D eigenvalue weighted by Gasteiger charge is -2.12. The van der Waals surface area contributed by atoms with Crippen LogP contribution in [0.5, 0.6) is 11.5 Å². The molecule has 2 aromatic carbocycles. The minimum atomic E-state index is -0.750. The summed E-state index contributed by atoms with van der Waals surface area (Å²) in [5, 5.41) is 3.31. The molecule has 5 heteroatoms. The normalized spacial score (nSPS) is 10.7. The van der Waals surface area contributed by atoms with Crippen molar-refractivity contribution in [2.45, 2.75) is 20.4 Å². The van der Waals surface area contributed by atoms with E-state index < -0.39 is 17.4 Å². The van der Waals surface area contributed by atoms with Crippen molar-refractivity contribution < 1.29 is 13.5 Å². The third kappa shape index (κ3) is 3.93. The van der Waals surface area contributed by atoms with Gasteiger partial charge in [-0.3, -0.25) is 0 Å². The molecule has 0 unspecified atom stereocenters. The maximum atomic E-state index is 14.0. The first kappa shape index (κ1) is 15.7. The predicted octanol–water partition coefficient (Wildman–Crippen LogP) is 4.83. The van der Waals surface area contributed by atoms with Crippen molar-refractivity contribution in [1.82, 2.24) is 5.32 Å². The van der Waals surface area contributed by atoms with E-state index in [-0.39, 0.29) is 5.75 Å². The van der Waals surface area contributed by atoms with Crippen LogP contribution in [0.4, 0.5) is 8.78 Å². The average molecular weight is 312 g/mol. The maximum Gasteiger partial charge on any atom is 0.198 e. The van der Waals surface area contributed by atoms with E-state index in [4.69, 9.17) is 16.3 Å². The SMILES string of the molecule is CCNCc1cc(F)c(Oc2cc(C)ccc2Cl)c(F)c1. The minimum Gasteiger partial charge on any atom is -0.450 e. The van der Waals surface area contributed by atoms with Crippen LogP contribution in [-0.2, 0) is 6.54 Å². The molecule has 0 saturated heterocycles. The molecule has 0 aliphatic carbocycles. The predicted molar refractivity (Wildman–Crippen MR) is 80.0 cm³/mol. The second-order valence-electron chi connectivity index (χ2n) is 4.70. The number of hydrogen-bond donors (Lipinski definition) is 1. The molecule has 0 radical (unpaired) electrons. The number of ether oxygens (including phenoxy) is 1. The monoisotopic (exact) mass is 311 g/mol. The Morgan fingerprint density at radius 2 is 1.81 bits per heavy atom. The molecule has 0 heterocycles. The Balaban J connectivity index is 2.30. The molecule has 2 nitrogen and oxygen atoms in total. The Bertz CT molecular complexity index is 623. The van der Waals surface area contributed by atoms with Gasteiger partial charge in [0, 0.05) is 6.54 Å². The summed E-state index contributed by atoms with van der Waals surface area (Å²) < 4.78 is 33.3. The number of rotatable bonds is 5. The van der Waals surface area contributed by atoms with Crippen LogP contribution < -0.4 is 10.1 Å². The molecular weight excluding hydrogens is 296 g/mol. The Hall–Kier alpha value is -1.65. The number of halogens is 3. The smallest absolute Gasteiger partial charge is 0.198 e. The summed E-state index contributed by atoms with van der Waals surface area (Å²) in [6, 6.07) is 7.56. The average Bonchev–Trinajstić information content (AvgIpc) is 2.44. The lowest BCUT2D eigenvalue weighted by Crippen LogP contribution is -2.12. The van der Waals surface area contributed by atoms with Crippen LogP contribution >= 0.6 is 11.6 Å². The molecule has 21 heavy (non-hydrogen) atoms. The Morgan fingerprint density at radius 3 is 2.43 bits per heavy atom. The van der Waals surface area contributed by atoms with E-state index in [1.54, 1.807) is 18.2 Å². The van der Waals surface area contributed by atoms with Crippen LogP contribution in [0.1, 0.15) is 18.1 Å². The van der Waals surface area contributed by atoms with Gasteiger partial charge >= 0.3 is 0 Å². The second kappa shape index (κ2) is 6.87. The summed E-state index contributed by atoms with van der Waals surface area (Å²) in [5.41, 5.74) is 1.41. The van der Waals surface area contributed by atoms with Crippen molar-refractivity contribution in [1.29, 1.82) is 0 Å². The van der Waals surface area contributed by atoms with Crippen molar-refractivity contribution in [3.8, 4) is 11.5 Å². The first-order valence-electron chi connectivity index (χ1n) is 6.64. The first-order chi connectivity index (χ1) is 10.0. The van der Waals surface area contributed by atoms with E-state index in [9.17, 15) is 8.78 Å². The molecule has 0 atom stereocenters. The second-order valence-corrected chi connectivity index (χ2v) is 5.11. The lowest BCUT2D eigenvalue weighted by molar-refractivity contribution is 0.406. The first-order valence-corrected chi connectivity index (χ1v) is 7.01. The van der Waals surface area contributed by atoms with E-state index in [1.807, 2.05) is 13.8 Å². The summed E-state index contributed by atoms with van der Waals surface area (Å²) in [5.74, 6) is -1.71. The molecule has 0 amide bonds. The molecule has 112 valence electrons. The number of benzene rings is 2. The molecule has 0 spiro atoms. The molecule has 0 saturated carbocycles. The van der Waals surface area contributed by atoms with Crippen molar-refractivity contribution in [3.63, 3.8) is 0 Å². The summed E-state index contributed by atoms with van der Waals surface area (Å²) in [6.07, 6.45) is 0. The molecular formula is C16H16ClF2NO. The van der Waals surface area contributed by atoms with Gasteiger partial charge in [0.15, 0.2) is 17.4 Å². The molecule has 0 fully saturated rings. The zero-order chi connectivity index (χ0) is 15.4. The summed E-state index contributed by atoms with van der Waals surface area (Å²) >= 11 is 5.97. The fraction of sp³-hybridized carbons (Fsp3) is 0.250. The van der Waals surface area contributed by atoms with Crippen molar-refractivity contribution in [2.75, 3.05) is 6.54 Å². The van der Waals surface area contributed by atoms with Crippen LogP contribution in [0.15, 0.2) is 30.3 Å². The van der Waals surface area contributed by atoms with Gasteiger partial charge in [-0.05, 0) is 48.9 Å². The van der Waals surface area contributed by atoms with Gasteiger partial charge in [-0.2, -0.15) is 0 Å². The summed E-state index contributed by atoms with van der Waals surface area (Å²) in [7, 11) is 0. The molecule has 2 aromatic rings. The van der Waals surface area contributed by atoms with Crippen molar-refractivity contribution in [2.24, 2.45) is 0 Å². The van der Waals surface area contributed by atoms with Gasteiger partial charge in [-0.25, -0.2) is 8.78 Å². The van der Waals surface area contributed by atoms with Gasteiger partial charge in [-0.15, -0.1) is 0 Å². The fourth-order valence-electron chi connectivity index (χ4n) is 1.88. The molecule has 0 bridgehead atoms. The Labute approximate surface area is 127 Å². The highest BCUT2D eigenvalue weighted by atomic mass is 35.5. The van der Waals surface area contributed by atoms with Crippen molar-refractivity contribution in [3.05, 3.63) is 58.1 Å². The highest BCUT2D eigenvalue weighted by molar-refractivity contribution is 6.32. The lowest BCUT2D eigenvalue weighted by atomic mass is 10.2. The topological polar surface area (TPSA) is 21.3 Å². The van der Waals surface area contributed by atoms with E-state index in [0.717, 1.165) is 12.1 Å². The highest BCUT2D eigenvalue weighted by Gasteiger charge is 2.15. The van der Waals surface area contributed by atoms with E-state index in [0.29, 0.717) is 17.1 Å². The fourth-order valence-corrected chi connectivity index (χ4v) is 2.04. The van der Waals surface area contributed by atoms with Crippen LogP contribution in [0.2, 0.25) is 5.02 Å². The molecule has 0 aromatic heterocycles. The molecule has 1 N–H and O–H groups in total. The zero-order valence-electron chi connectivity index (χ0n) is 11.8. The van der Waals surface area contributed by atoms with Gasteiger partial charge in [0.2, 0.25) is 0 Å². The van der Waals surface area contributed by atoms with Crippen LogP contribution in [0.25, 0.3) is 0 Å². The molecule has 2 rings (SSSR count).